The van der Waals surface area contributed by atoms with Crippen LogP contribution in [0.4, 0.5) is 4.39 Å². The molecule has 7 nitrogen and oxygen atoms in total. The summed E-state index contributed by atoms with van der Waals surface area (Å²) in [6, 6.07) is 10.5. The van der Waals surface area contributed by atoms with Gasteiger partial charge < -0.3 is 14.4 Å². The van der Waals surface area contributed by atoms with Crippen molar-refractivity contribution in [3.8, 4) is 11.5 Å². The topological polar surface area (TPSA) is 76.2 Å². The number of nitrogens with zero attached hydrogens (tertiary/aromatic N) is 2. The molecule has 0 saturated carbocycles. The summed E-state index contributed by atoms with van der Waals surface area (Å²) in [6.07, 6.45) is 0.188. The minimum absolute atomic E-state index is 0.0672. The van der Waals surface area contributed by atoms with Crippen LogP contribution >= 0.6 is 11.6 Å². The number of ether oxygens (including phenoxy) is 2. The van der Waals surface area contributed by atoms with Crippen molar-refractivity contribution in [3.63, 3.8) is 0 Å². The normalized spacial score (nSPS) is 15.0. The van der Waals surface area contributed by atoms with Gasteiger partial charge in [-0.15, -0.1) is 0 Å². The van der Waals surface area contributed by atoms with Crippen LogP contribution in [0.25, 0.3) is 0 Å². The van der Waals surface area contributed by atoms with E-state index in [0.717, 1.165) is 17.9 Å². The van der Waals surface area contributed by atoms with Crippen LogP contribution in [0.5, 0.6) is 11.5 Å². The molecule has 0 aliphatic carbocycles. The Bertz CT molecular complexity index is 1010. The summed E-state index contributed by atoms with van der Waals surface area (Å²) < 4.78 is 51.0. The minimum atomic E-state index is -3.80. The van der Waals surface area contributed by atoms with E-state index in [0.29, 0.717) is 12.4 Å². The molecule has 1 heterocycles. The maximum atomic E-state index is 13.3. The van der Waals surface area contributed by atoms with E-state index in [1.54, 1.807) is 29.2 Å². The molecule has 0 unspecified atom stereocenters. The lowest BCUT2D eigenvalue weighted by atomic mass is 10.3. The maximum absolute atomic E-state index is 13.3. The molecule has 2 aromatic rings. The third-order valence-electron chi connectivity index (χ3n) is 4.84. The third-order valence-corrected chi connectivity index (χ3v) is 7.02. The Morgan fingerprint density at radius 2 is 1.65 bits per heavy atom. The van der Waals surface area contributed by atoms with Gasteiger partial charge in [-0.3, -0.25) is 4.79 Å². The molecular formula is C21H24ClFN2O5S. The van der Waals surface area contributed by atoms with Crippen LogP contribution in [0.3, 0.4) is 0 Å². The number of carbonyl (C=O) groups is 1. The molecule has 0 radical (unpaired) electrons. The highest BCUT2D eigenvalue weighted by Crippen LogP contribution is 2.23. The fourth-order valence-electron chi connectivity index (χ4n) is 3.18. The molecule has 31 heavy (non-hydrogen) atoms. The molecule has 1 aliphatic rings. The number of hydrogen-bond acceptors (Lipinski definition) is 5. The number of halogens is 2. The van der Waals surface area contributed by atoms with Crippen molar-refractivity contribution in [2.24, 2.45) is 0 Å². The summed E-state index contributed by atoms with van der Waals surface area (Å²) >= 11 is 5.71. The Kier molecular flexibility index (Phi) is 7.74. The first-order chi connectivity index (χ1) is 14.8. The number of rotatable bonds is 8. The van der Waals surface area contributed by atoms with Gasteiger partial charge in [0.15, 0.2) is 0 Å². The van der Waals surface area contributed by atoms with Crippen LogP contribution in [0.1, 0.15) is 13.3 Å². The van der Waals surface area contributed by atoms with E-state index in [-0.39, 0.29) is 55.0 Å². The Balaban J connectivity index is 1.47. The van der Waals surface area contributed by atoms with Gasteiger partial charge in [-0.2, -0.15) is 4.31 Å². The van der Waals surface area contributed by atoms with E-state index in [9.17, 15) is 17.6 Å². The molecule has 0 aromatic heterocycles. The van der Waals surface area contributed by atoms with E-state index in [2.05, 4.69) is 0 Å². The largest absolute Gasteiger partial charge is 0.494 e. The standard InChI is InChI=1S/C21H24ClFN2O5S/c1-2-29-16-3-5-17(6-4-16)30-14-9-21(26)24-10-12-25(13-11-24)31(27,28)18-7-8-20(23)19(22)15-18/h3-8,15H,2,9-14H2,1H3. The summed E-state index contributed by atoms with van der Waals surface area (Å²) in [5, 5.41) is -0.248. The van der Waals surface area contributed by atoms with Crippen LogP contribution < -0.4 is 9.47 Å². The van der Waals surface area contributed by atoms with Gasteiger partial charge in [0.25, 0.3) is 0 Å². The summed E-state index contributed by atoms with van der Waals surface area (Å²) in [7, 11) is -3.80. The zero-order chi connectivity index (χ0) is 22.4. The van der Waals surface area contributed by atoms with Crippen molar-refractivity contribution in [2.45, 2.75) is 18.2 Å². The van der Waals surface area contributed by atoms with Crippen molar-refractivity contribution in [1.29, 1.82) is 0 Å². The Labute approximate surface area is 186 Å². The van der Waals surface area contributed by atoms with Gasteiger partial charge in [-0.1, -0.05) is 11.6 Å². The van der Waals surface area contributed by atoms with Crippen molar-refractivity contribution in [3.05, 3.63) is 53.3 Å². The third kappa shape index (κ3) is 5.87. The molecule has 168 valence electrons. The smallest absolute Gasteiger partial charge is 0.243 e. The second-order valence-corrected chi connectivity index (χ2v) is 9.21. The zero-order valence-electron chi connectivity index (χ0n) is 17.1. The van der Waals surface area contributed by atoms with Crippen molar-refractivity contribution in [1.82, 2.24) is 9.21 Å². The number of benzene rings is 2. The first-order valence-corrected chi connectivity index (χ1v) is 11.7. The van der Waals surface area contributed by atoms with E-state index in [4.69, 9.17) is 21.1 Å². The number of sulfonamides is 1. The van der Waals surface area contributed by atoms with E-state index < -0.39 is 15.8 Å². The van der Waals surface area contributed by atoms with Crippen LogP contribution in [0.15, 0.2) is 47.4 Å². The van der Waals surface area contributed by atoms with Gasteiger partial charge in [0.05, 0.1) is 29.6 Å². The highest BCUT2D eigenvalue weighted by Gasteiger charge is 2.30. The van der Waals surface area contributed by atoms with E-state index >= 15 is 0 Å². The monoisotopic (exact) mass is 470 g/mol. The highest BCUT2D eigenvalue weighted by molar-refractivity contribution is 7.89. The summed E-state index contributed by atoms with van der Waals surface area (Å²) in [5.41, 5.74) is 0. The maximum Gasteiger partial charge on any atom is 0.243 e. The number of piperazine rings is 1. The molecular weight excluding hydrogens is 447 g/mol. The van der Waals surface area contributed by atoms with Crippen LogP contribution in [-0.2, 0) is 14.8 Å². The Morgan fingerprint density at radius 1 is 1.03 bits per heavy atom. The Hall–Kier alpha value is -2.36. The fraction of sp³-hybridized carbons (Fsp3) is 0.381. The molecule has 3 rings (SSSR count). The predicted octanol–water partition coefficient (Wildman–Crippen LogP) is 3.18. The lowest BCUT2D eigenvalue weighted by Gasteiger charge is -2.34. The molecule has 1 saturated heterocycles. The van der Waals surface area contributed by atoms with Gasteiger partial charge in [-0.25, -0.2) is 12.8 Å². The molecule has 1 fully saturated rings. The summed E-state index contributed by atoms with van der Waals surface area (Å²) in [6.45, 7) is 3.57. The van der Waals surface area contributed by atoms with Gasteiger partial charge in [0.1, 0.15) is 17.3 Å². The molecule has 0 N–H and O–H groups in total. The second-order valence-electron chi connectivity index (χ2n) is 6.86. The molecule has 0 bridgehead atoms. The van der Waals surface area contributed by atoms with Gasteiger partial charge in [-0.05, 0) is 49.4 Å². The highest BCUT2D eigenvalue weighted by atomic mass is 35.5. The lowest BCUT2D eigenvalue weighted by Crippen LogP contribution is -2.50. The summed E-state index contributed by atoms with van der Waals surface area (Å²) in [4.78, 5) is 14.0. The average Bonchev–Trinajstić information content (AvgIpc) is 2.77. The first-order valence-electron chi connectivity index (χ1n) is 9.90. The van der Waals surface area contributed by atoms with Gasteiger partial charge in [0, 0.05) is 26.2 Å². The Morgan fingerprint density at radius 3 is 2.23 bits per heavy atom. The van der Waals surface area contributed by atoms with Gasteiger partial charge in [0.2, 0.25) is 15.9 Å². The quantitative estimate of drug-likeness (QED) is 0.592. The van der Waals surface area contributed by atoms with E-state index in [1.165, 1.54) is 10.4 Å². The first kappa shape index (κ1) is 23.3. The molecule has 1 amide bonds. The molecule has 0 spiro atoms. The molecule has 0 atom stereocenters. The second kappa shape index (κ2) is 10.3. The SMILES string of the molecule is CCOc1ccc(OCCC(=O)N2CCN(S(=O)(=O)c3ccc(F)c(Cl)c3)CC2)cc1. The average molecular weight is 471 g/mol. The van der Waals surface area contributed by atoms with Crippen molar-refractivity contribution in [2.75, 3.05) is 39.4 Å². The van der Waals surface area contributed by atoms with Crippen molar-refractivity contribution >= 4 is 27.5 Å². The van der Waals surface area contributed by atoms with E-state index in [1.807, 2.05) is 6.92 Å². The molecule has 1 aliphatic heterocycles. The number of hydrogen-bond donors (Lipinski definition) is 0. The van der Waals surface area contributed by atoms with Crippen LogP contribution in [0, 0.1) is 5.82 Å². The minimum Gasteiger partial charge on any atom is -0.494 e. The van der Waals surface area contributed by atoms with Crippen LogP contribution in [0.2, 0.25) is 5.02 Å². The fourth-order valence-corrected chi connectivity index (χ4v) is 4.87. The van der Waals surface area contributed by atoms with Gasteiger partial charge >= 0.3 is 0 Å². The predicted molar refractivity (Wildman–Crippen MR) is 114 cm³/mol. The molecule has 10 heteroatoms. The molecule has 2 aromatic carbocycles. The summed E-state index contributed by atoms with van der Waals surface area (Å²) in [5.74, 6) is 0.614. The van der Waals surface area contributed by atoms with Crippen LogP contribution in [-0.4, -0.2) is 62.9 Å². The van der Waals surface area contributed by atoms with Crippen molar-refractivity contribution < 1.29 is 27.1 Å². The number of carbonyl (C=O) groups excluding carboxylic acids is 1. The zero-order valence-corrected chi connectivity index (χ0v) is 18.7. The number of amides is 1. The lowest BCUT2D eigenvalue weighted by molar-refractivity contribution is -0.132.